The average molecular weight is 460 g/mol. The highest BCUT2D eigenvalue weighted by Crippen LogP contribution is 2.48. The molecule has 0 aromatic heterocycles. The predicted molar refractivity (Wildman–Crippen MR) is 122 cm³/mol. The van der Waals surface area contributed by atoms with Crippen molar-refractivity contribution in [2.75, 3.05) is 13.2 Å². The molecule has 1 amide bonds. The van der Waals surface area contributed by atoms with Crippen LogP contribution in [0.25, 0.3) is 0 Å². The third-order valence-electron chi connectivity index (χ3n) is 7.50. The van der Waals surface area contributed by atoms with E-state index in [9.17, 15) is 19.8 Å². The fourth-order valence-corrected chi connectivity index (χ4v) is 5.69. The van der Waals surface area contributed by atoms with Crippen molar-refractivity contribution in [1.29, 1.82) is 0 Å². The van der Waals surface area contributed by atoms with Crippen molar-refractivity contribution >= 4 is 11.9 Å². The van der Waals surface area contributed by atoms with E-state index in [1.54, 1.807) is 0 Å². The summed E-state index contributed by atoms with van der Waals surface area (Å²) in [5.41, 5.74) is 1.85. The predicted octanol–water partition coefficient (Wildman–Crippen LogP) is 4.51. The molecule has 4 atom stereocenters. The topological polar surface area (TPSA) is 87.1 Å². The lowest BCUT2D eigenvalue weighted by atomic mass is 9.67. The molecule has 33 heavy (non-hydrogen) atoms. The van der Waals surface area contributed by atoms with Crippen molar-refractivity contribution in [3.05, 3.63) is 41.2 Å². The minimum Gasteiger partial charge on any atom is -0.493 e. The van der Waals surface area contributed by atoms with E-state index in [0.29, 0.717) is 18.3 Å². The molecule has 1 aliphatic heterocycles. The Morgan fingerprint density at radius 3 is 2.67 bits per heavy atom. The molecule has 2 aliphatic carbocycles. The SMILES string of the molecule is C=C1CC(C)CC(CC)(COc2cc(F)c(C(=O)N3C[C@H](O)C[C@@H]3C(=O)O)cc2C2CC2)C1. The Balaban J connectivity index is 1.58. The van der Waals surface area contributed by atoms with Gasteiger partial charge in [0, 0.05) is 24.4 Å². The molecule has 1 aromatic rings. The maximum absolute atomic E-state index is 15.2. The molecule has 7 heteroatoms. The van der Waals surface area contributed by atoms with Crippen LogP contribution in [0.4, 0.5) is 4.39 Å². The van der Waals surface area contributed by atoms with E-state index in [1.807, 2.05) is 0 Å². The second-order valence-electron chi connectivity index (χ2n) is 10.4. The summed E-state index contributed by atoms with van der Waals surface area (Å²) in [6.07, 6.45) is 4.83. The highest BCUT2D eigenvalue weighted by Gasteiger charge is 2.41. The summed E-state index contributed by atoms with van der Waals surface area (Å²) in [6, 6.07) is 1.67. The van der Waals surface area contributed by atoms with Gasteiger partial charge in [-0.1, -0.05) is 26.0 Å². The largest absolute Gasteiger partial charge is 0.493 e. The van der Waals surface area contributed by atoms with Crippen molar-refractivity contribution in [2.24, 2.45) is 11.3 Å². The van der Waals surface area contributed by atoms with Gasteiger partial charge in [0.15, 0.2) is 0 Å². The Morgan fingerprint density at radius 2 is 2.06 bits per heavy atom. The van der Waals surface area contributed by atoms with E-state index >= 15 is 4.39 Å². The van der Waals surface area contributed by atoms with Crippen molar-refractivity contribution in [3.63, 3.8) is 0 Å². The number of carboxylic acids is 1. The lowest BCUT2D eigenvalue weighted by molar-refractivity contribution is -0.141. The third-order valence-corrected chi connectivity index (χ3v) is 7.50. The van der Waals surface area contributed by atoms with Crippen molar-refractivity contribution < 1.29 is 28.9 Å². The number of carboxylic acid groups (broad SMARTS) is 1. The number of nitrogens with zero attached hydrogens (tertiary/aromatic N) is 1. The number of likely N-dealkylation sites (tertiary alicyclic amines) is 1. The summed E-state index contributed by atoms with van der Waals surface area (Å²) >= 11 is 0. The fourth-order valence-electron chi connectivity index (χ4n) is 5.69. The molecule has 3 aliphatic rings. The van der Waals surface area contributed by atoms with Crippen molar-refractivity contribution in [3.8, 4) is 5.75 Å². The Labute approximate surface area is 194 Å². The van der Waals surface area contributed by atoms with Crippen LogP contribution in [0.2, 0.25) is 0 Å². The van der Waals surface area contributed by atoms with E-state index in [1.165, 1.54) is 17.7 Å². The van der Waals surface area contributed by atoms with E-state index in [4.69, 9.17) is 4.74 Å². The van der Waals surface area contributed by atoms with E-state index in [2.05, 4.69) is 20.4 Å². The number of halogens is 1. The molecule has 1 heterocycles. The third kappa shape index (κ3) is 4.93. The summed E-state index contributed by atoms with van der Waals surface area (Å²) in [5.74, 6) is -1.41. The number of amides is 1. The first kappa shape index (κ1) is 23.7. The van der Waals surface area contributed by atoms with Gasteiger partial charge < -0.3 is 19.8 Å². The van der Waals surface area contributed by atoms with Crippen LogP contribution in [0.1, 0.15) is 80.6 Å². The lowest BCUT2D eigenvalue weighted by Crippen LogP contribution is -2.41. The maximum Gasteiger partial charge on any atom is 0.326 e. The van der Waals surface area contributed by atoms with Crippen LogP contribution in [-0.4, -0.2) is 52.3 Å². The summed E-state index contributed by atoms with van der Waals surface area (Å²) in [5, 5.41) is 19.3. The van der Waals surface area contributed by atoms with Crippen LogP contribution in [0.3, 0.4) is 0 Å². The second kappa shape index (κ2) is 9.09. The van der Waals surface area contributed by atoms with Gasteiger partial charge in [-0.2, -0.15) is 0 Å². The van der Waals surface area contributed by atoms with Gasteiger partial charge in [-0.15, -0.1) is 0 Å². The molecule has 1 aromatic carbocycles. The van der Waals surface area contributed by atoms with E-state index in [-0.39, 0.29) is 29.9 Å². The molecule has 2 saturated carbocycles. The quantitative estimate of drug-likeness (QED) is 0.586. The van der Waals surface area contributed by atoms with Crippen LogP contribution in [0, 0.1) is 17.2 Å². The summed E-state index contributed by atoms with van der Waals surface area (Å²) in [6.45, 7) is 8.94. The van der Waals surface area contributed by atoms with Gasteiger partial charge in [-0.25, -0.2) is 9.18 Å². The Morgan fingerprint density at radius 1 is 1.33 bits per heavy atom. The highest BCUT2D eigenvalue weighted by molar-refractivity contribution is 5.97. The first-order valence-electron chi connectivity index (χ1n) is 12.0. The number of hydrogen-bond acceptors (Lipinski definition) is 4. The monoisotopic (exact) mass is 459 g/mol. The van der Waals surface area contributed by atoms with Gasteiger partial charge in [-0.3, -0.25) is 4.79 Å². The molecular formula is C26H34FNO5. The first-order valence-corrected chi connectivity index (χ1v) is 12.0. The molecule has 0 radical (unpaired) electrons. The standard InChI is InChI=1S/C26H34FNO5/c1-4-26(11-15(2)7-16(3)12-26)14-33-23-10-21(27)20(9-19(23)17-5-6-17)24(30)28-13-18(29)8-22(28)25(31)32/h9-10,16-18,22,29H,2,4-8,11-14H2,1,3H3,(H,31,32)/t16?,18-,22-,26?/m1/s1. The Bertz CT molecular complexity index is 958. The molecular weight excluding hydrogens is 425 g/mol. The minimum absolute atomic E-state index is 0.0268. The van der Waals surface area contributed by atoms with Gasteiger partial charge in [0.05, 0.1) is 18.3 Å². The van der Waals surface area contributed by atoms with Crippen LogP contribution in [0.5, 0.6) is 5.75 Å². The molecule has 6 nitrogen and oxygen atoms in total. The minimum atomic E-state index is -1.20. The molecule has 0 bridgehead atoms. The molecule has 3 fully saturated rings. The zero-order valence-corrected chi connectivity index (χ0v) is 19.5. The normalized spacial score (nSPS) is 29.9. The van der Waals surface area contributed by atoms with Crippen LogP contribution < -0.4 is 4.74 Å². The number of aliphatic hydroxyl groups excluding tert-OH is 1. The zero-order valence-electron chi connectivity index (χ0n) is 19.5. The van der Waals surface area contributed by atoms with E-state index in [0.717, 1.165) is 49.0 Å². The number of rotatable bonds is 7. The fraction of sp³-hybridized carbons (Fsp3) is 0.615. The maximum atomic E-state index is 15.2. The molecule has 180 valence electrons. The number of aliphatic hydroxyl groups is 1. The Kier molecular flexibility index (Phi) is 6.54. The molecule has 4 rings (SSSR count). The second-order valence-corrected chi connectivity index (χ2v) is 10.4. The summed E-state index contributed by atoms with van der Waals surface area (Å²) < 4.78 is 21.4. The Hall–Kier alpha value is -2.41. The van der Waals surface area contributed by atoms with Crippen LogP contribution in [-0.2, 0) is 4.79 Å². The zero-order chi connectivity index (χ0) is 23.9. The van der Waals surface area contributed by atoms with Crippen LogP contribution >= 0.6 is 0 Å². The van der Waals surface area contributed by atoms with Gasteiger partial charge in [0.1, 0.15) is 17.6 Å². The molecule has 0 spiro atoms. The van der Waals surface area contributed by atoms with Crippen molar-refractivity contribution in [1.82, 2.24) is 4.90 Å². The summed E-state index contributed by atoms with van der Waals surface area (Å²) in [4.78, 5) is 25.7. The van der Waals surface area contributed by atoms with Gasteiger partial charge >= 0.3 is 5.97 Å². The number of hydrogen-bond donors (Lipinski definition) is 2. The smallest absolute Gasteiger partial charge is 0.326 e. The van der Waals surface area contributed by atoms with Crippen LogP contribution in [0.15, 0.2) is 24.3 Å². The number of allylic oxidation sites excluding steroid dienone is 1. The number of aliphatic carboxylic acids is 1. The lowest BCUT2D eigenvalue weighted by Gasteiger charge is -2.40. The number of carbonyl (C=O) groups excluding carboxylic acids is 1. The molecule has 2 N–H and O–H groups in total. The summed E-state index contributed by atoms with van der Waals surface area (Å²) in [7, 11) is 0. The number of carbonyl (C=O) groups is 2. The molecule has 2 unspecified atom stereocenters. The van der Waals surface area contributed by atoms with E-state index < -0.39 is 29.8 Å². The number of β-amino-alcohol motifs (C(OH)–C–C–N with tert-alkyl or cyclic N) is 1. The average Bonchev–Trinajstić information content (AvgIpc) is 3.51. The number of ether oxygens (including phenoxy) is 1. The highest BCUT2D eigenvalue weighted by atomic mass is 19.1. The number of benzene rings is 1. The van der Waals surface area contributed by atoms with Gasteiger partial charge in [0.25, 0.3) is 5.91 Å². The van der Waals surface area contributed by atoms with Gasteiger partial charge in [0.2, 0.25) is 0 Å². The van der Waals surface area contributed by atoms with Gasteiger partial charge in [-0.05, 0) is 62.0 Å². The van der Waals surface area contributed by atoms with Crippen molar-refractivity contribution in [2.45, 2.75) is 76.9 Å². The molecule has 1 saturated heterocycles. The first-order chi connectivity index (χ1) is 15.6.